The van der Waals surface area contributed by atoms with Crippen molar-refractivity contribution in [1.82, 2.24) is 0 Å². The van der Waals surface area contributed by atoms with E-state index in [2.05, 4.69) is 11.8 Å². The van der Waals surface area contributed by atoms with Gasteiger partial charge in [-0.3, -0.25) is 4.79 Å². The number of ether oxygens (including phenoxy) is 2. The number of cyclic esters (lactones) is 1. The molecule has 0 spiro atoms. The summed E-state index contributed by atoms with van der Waals surface area (Å²) in [4.78, 5) is 24.5. The summed E-state index contributed by atoms with van der Waals surface area (Å²) in [6.45, 7) is 1.91. The van der Waals surface area contributed by atoms with E-state index in [1.54, 1.807) is 24.3 Å². The minimum atomic E-state index is -0.773. The molecule has 0 fully saturated rings. The zero-order chi connectivity index (χ0) is 19.3. The predicted molar refractivity (Wildman–Crippen MR) is 105 cm³/mol. The summed E-state index contributed by atoms with van der Waals surface area (Å²) in [7, 11) is 0. The molecule has 1 heterocycles. The Morgan fingerprint density at radius 1 is 1.04 bits per heavy atom. The Kier molecular flexibility index (Phi) is 9.48. The minimum absolute atomic E-state index is 0.0318. The fourth-order valence-corrected chi connectivity index (χ4v) is 3.09. The molecule has 1 aliphatic heterocycles. The van der Waals surface area contributed by atoms with Crippen LogP contribution >= 0.6 is 0 Å². The van der Waals surface area contributed by atoms with E-state index in [0.29, 0.717) is 5.56 Å². The summed E-state index contributed by atoms with van der Waals surface area (Å²) >= 11 is 0. The lowest BCUT2D eigenvalue weighted by Crippen LogP contribution is -2.24. The van der Waals surface area contributed by atoms with Gasteiger partial charge in [-0.25, -0.2) is 4.79 Å². The second-order valence-corrected chi connectivity index (χ2v) is 7.10. The lowest BCUT2D eigenvalue weighted by molar-refractivity contribution is -0.150. The summed E-state index contributed by atoms with van der Waals surface area (Å²) in [5.74, 6) is 5.19. The highest BCUT2D eigenvalue weighted by molar-refractivity contribution is 5.89. The number of carbonyl (C=O) groups excluding carboxylic acids is 2. The summed E-state index contributed by atoms with van der Waals surface area (Å²) < 4.78 is 10.9. The molecule has 27 heavy (non-hydrogen) atoms. The highest BCUT2D eigenvalue weighted by atomic mass is 16.6. The molecule has 0 saturated heterocycles. The number of esters is 2. The van der Waals surface area contributed by atoms with E-state index in [1.807, 2.05) is 13.0 Å². The molecule has 1 unspecified atom stereocenters. The number of carbonyl (C=O) groups is 2. The van der Waals surface area contributed by atoms with E-state index in [4.69, 9.17) is 9.47 Å². The van der Waals surface area contributed by atoms with E-state index < -0.39 is 12.1 Å². The molecule has 2 atom stereocenters. The lowest BCUT2D eigenvalue weighted by atomic mass is 10.1. The second-order valence-electron chi connectivity index (χ2n) is 7.10. The van der Waals surface area contributed by atoms with Crippen molar-refractivity contribution in [2.45, 2.75) is 83.3 Å². The molecular weight excluding hydrogens is 340 g/mol. The van der Waals surface area contributed by atoms with Gasteiger partial charge < -0.3 is 9.47 Å². The average molecular weight is 370 g/mol. The van der Waals surface area contributed by atoms with Crippen LogP contribution in [0.15, 0.2) is 30.3 Å². The average Bonchev–Trinajstić information content (AvgIpc) is 2.65. The molecule has 1 aliphatic rings. The third kappa shape index (κ3) is 8.77. The molecule has 4 heteroatoms. The van der Waals surface area contributed by atoms with Crippen molar-refractivity contribution in [3.63, 3.8) is 0 Å². The van der Waals surface area contributed by atoms with Crippen molar-refractivity contribution < 1.29 is 19.1 Å². The second kappa shape index (κ2) is 12.2. The van der Waals surface area contributed by atoms with Gasteiger partial charge in [-0.2, -0.15) is 0 Å². The van der Waals surface area contributed by atoms with Crippen molar-refractivity contribution >= 4 is 11.9 Å². The van der Waals surface area contributed by atoms with Crippen molar-refractivity contribution in [3.05, 3.63) is 35.9 Å². The van der Waals surface area contributed by atoms with Gasteiger partial charge in [0.25, 0.3) is 0 Å². The van der Waals surface area contributed by atoms with Gasteiger partial charge in [0.1, 0.15) is 0 Å². The van der Waals surface area contributed by atoms with Gasteiger partial charge in [0.2, 0.25) is 0 Å². The molecule has 0 N–H and O–H groups in total. The quantitative estimate of drug-likeness (QED) is 0.539. The number of rotatable bonds is 2. The van der Waals surface area contributed by atoms with E-state index in [0.717, 1.165) is 25.7 Å². The zero-order valence-electron chi connectivity index (χ0n) is 16.2. The van der Waals surface area contributed by atoms with Gasteiger partial charge >= 0.3 is 11.9 Å². The Morgan fingerprint density at radius 2 is 1.70 bits per heavy atom. The predicted octanol–water partition coefficient (Wildman–Crippen LogP) is 5.06. The first-order chi connectivity index (χ1) is 13.1. The third-order valence-corrected chi connectivity index (χ3v) is 4.62. The molecule has 4 nitrogen and oxygen atoms in total. The van der Waals surface area contributed by atoms with Crippen LogP contribution in [0.3, 0.4) is 0 Å². The van der Waals surface area contributed by atoms with E-state index >= 15 is 0 Å². The Bertz CT molecular complexity index is 641. The van der Waals surface area contributed by atoms with Crippen LogP contribution in [0.2, 0.25) is 0 Å². The van der Waals surface area contributed by atoms with Crippen LogP contribution in [0.25, 0.3) is 0 Å². The SMILES string of the molecule is C[C@@H]1CCCCCCCCCC#CC(OC(=O)c2ccccc2)CC(=O)O1. The minimum Gasteiger partial charge on any atom is -0.463 e. The highest BCUT2D eigenvalue weighted by Gasteiger charge is 2.20. The van der Waals surface area contributed by atoms with E-state index in [9.17, 15) is 9.59 Å². The molecule has 1 aromatic rings. The van der Waals surface area contributed by atoms with Crippen LogP contribution < -0.4 is 0 Å². The van der Waals surface area contributed by atoms with Crippen molar-refractivity contribution in [2.75, 3.05) is 0 Å². The van der Waals surface area contributed by atoms with E-state index in [1.165, 1.54) is 32.1 Å². The van der Waals surface area contributed by atoms with Gasteiger partial charge in [0.05, 0.1) is 18.1 Å². The van der Waals surface area contributed by atoms with Gasteiger partial charge in [-0.05, 0) is 38.3 Å². The Hall–Kier alpha value is -2.28. The smallest absolute Gasteiger partial charge is 0.339 e. The molecule has 0 saturated carbocycles. The number of hydrogen-bond donors (Lipinski definition) is 0. The monoisotopic (exact) mass is 370 g/mol. The van der Waals surface area contributed by atoms with Crippen molar-refractivity contribution in [3.8, 4) is 11.8 Å². The van der Waals surface area contributed by atoms with Gasteiger partial charge in [-0.15, -0.1) is 0 Å². The molecular formula is C23H30O4. The summed E-state index contributed by atoms with van der Waals surface area (Å²) in [5, 5.41) is 0. The standard InChI is InChI=1S/C23H30O4/c1-19-14-10-7-5-3-2-4-6-8-13-17-21(18-22(24)26-19)27-23(25)20-15-11-9-12-16-20/h9,11-12,15-16,19,21H,2-8,10,14,18H2,1H3/t19-,21?/m1/s1. The van der Waals surface area contributed by atoms with Crippen LogP contribution in [-0.2, 0) is 14.3 Å². The maximum absolute atomic E-state index is 12.3. The fourth-order valence-electron chi connectivity index (χ4n) is 3.09. The summed E-state index contributed by atoms with van der Waals surface area (Å²) in [5.41, 5.74) is 0.452. The molecule has 0 bridgehead atoms. The van der Waals surface area contributed by atoms with Crippen LogP contribution in [0, 0.1) is 11.8 Å². The van der Waals surface area contributed by atoms with Crippen LogP contribution in [0.5, 0.6) is 0 Å². The first-order valence-corrected chi connectivity index (χ1v) is 10.1. The lowest BCUT2D eigenvalue weighted by Gasteiger charge is -2.16. The maximum atomic E-state index is 12.3. The molecule has 0 aliphatic carbocycles. The number of benzene rings is 1. The third-order valence-electron chi connectivity index (χ3n) is 4.62. The van der Waals surface area contributed by atoms with E-state index in [-0.39, 0.29) is 18.5 Å². The maximum Gasteiger partial charge on any atom is 0.339 e. The molecule has 0 aromatic heterocycles. The first-order valence-electron chi connectivity index (χ1n) is 10.1. The normalized spacial score (nSPS) is 22.8. The Balaban J connectivity index is 2.00. The van der Waals surface area contributed by atoms with Gasteiger partial charge in [-0.1, -0.05) is 62.1 Å². The van der Waals surface area contributed by atoms with Gasteiger partial charge in [0.15, 0.2) is 6.10 Å². The largest absolute Gasteiger partial charge is 0.463 e. The number of hydrogen-bond acceptors (Lipinski definition) is 4. The zero-order valence-corrected chi connectivity index (χ0v) is 16.2. The molecule has 0 amide bonds. The molecule has 1 aromatic carbocycles. The van der Waals surface area contributed by atoms with Gasteiger partial charge in [0, 0.05) is 6.42 Å². The first kappa shape index (κ1) is 21.0. The summed E-state index contributed by atoms with van der Waals surface area (Å²) in [6, 6.07) is 8.76. The molecule has 2 rings (SSSR count). The van der Waals surface area contributed by atoms with Crippen molar-refractivity contribution in [2.24, 2.45) is 0 Å². The molecule has 146 valence electrons. The Labute approximate surface area is 162 Å². The summed E-state index contributed by atoms with van der Waals surface area (Å²) in [6.07, 6.45) is 8.87. The molecule has 0 radical (unpaired) electrons. The van der Waals surface area contributed by atoms with Crippen molar-refractivity contribution in [1.29, 1.82) is 0 Å². The highest BCUT2D eigenvalue weighted by Crippen LogP contribution is 2.14. The topological polar surface area (TPSA) is 52.6 Å². The van der Waals surface area contributed by atoms with Crippen LogP contribution in [0.4, 0.5) is 0 Å². The van der Waals surface area contributed by atoms with Crippen LogP contribution in [-0.4, -0.2) is 24.1 Å². The Morgan fingerprint density at radius 3 is 2.44 bits per heavy atom. The van der Waals surface area contributed by atoms with Crippen LogP contribution in [0.1, 0.15) is 81.5 Å². The fraction of sp³-hybridized carbons (Fsp3) is 0.565.